The van der Waals surface area contributed by atoms with Crippen LogP contribution in [0.2, 0.25) is 0 Å². The Balaban J connectivity index is 2.03. The summed E-state index contributed by atoms with van der Waals surface area (Å²) in [5, 5.41) is 0. The Labute approximate surface area is 157 Å². The van der Waals surface area contributed by atoms with Gasteiger partial charge in [-0.05, 0) is 36.4 Å². The minimum absolute atomic E-state index is 0.0733. The van der Waals surface area contributed by atoms with E-state index in [4.69, 9.17) is 4.74 Å². The number of hydrogen-bond donors (Lipinski definition) is 0. The van der Waals surface area contributed by atoms with E-state index in [-0.39, 0.29) is 5.91 Å². The lowest BCUT2D eigenvalue weighted by atomic mass is 10.0. The Morgan fingerprint density at radius 1 is 0.704 bits per heavy atom. The summed E-state index contributed by atoms with van der Waals surface area (Å²) >= 11 is 0. The van der Waals surface area contributed by atoms with E-state index >= 15 is 0 Å². The van der Waals surface area contributed by atoms with Crippen molar-refractivity contribution in [3.05, 3.63) is 78.4 Å². The van der Waals surface area contributed by atoms with Crippen LogP contribution in [-0.4, -0.2) is 19.0 Å². The molecule has 0 N–H and O–H groups in total. The van der Waals surface area contributed by atoms with E-state index in [1.54, 1.807) is 24.0 Å². The molecule has 3 aromatic rings. The molecule has 3 aromatic carbocycles. The van der Waals surface area contributed by atoms with Crippen molar-refractivity contribution < 1.29 is 14.3 Å². The first-order chi connectivity index (χ1) is 13.1. The first-order valence-corrected chi connectivity index (χ1v) is 8.59. The van der Waals surface area contributed by atoms with Crippen LogP contribution < -0.4 is 9.80 Å². The predicted molar refractivity (Wildman–Crippen MR) is 105 cm³/mol. The molecule has 4 rings (SSSR count). The Bertz CT molecular complexity index is 997. The summed E-state index contributed by atoms with van der Waals surface area (Å²) in [5.41, 5.74) is 4.34. The lowest BCUT2D eigenvalue weighted by Crippen LogP contribution is -2.31. The lowest BCUT2D eigenvalue weighted by Gasteiger charge is -2.39. The molecule has 0 fully saturated rings. The first-order valence-electron chi connectivity index (χ1n) is 8.59. The van der Waals surface area contributed by atoms with Gasteiger partial charge in [0, 0.05) is 6.92 Å². The van der Waals surface area contributed by atoms with Gasteiger partial charge in [-0.2, -0.15) is 0 Å². The molecule has 1 heterocycles. The second kappa shape index (κ2) is 6.61. The molecule has 0 aromatic heterocycles. The van der Waals surface area contributed by atoms with Gasteiger partial charge in [-0.25, -0.2) is 4.79 Å². The third-order valence-corrected chi connectivity index (χ3v) is 4.59. The molecule has 0 saturated heterocycles. The third-order valence-electron chi connectivity index (χ3n) is 4.59. The van der Waals surface area contributed by atoms with Crippen LogP contribution in [0.15, 0.2) is 72.8 Å². The number of anilines is 5. The van der Waals surface area contributed by atoms with Crippen molar-refractivity contribution in [1.82, 2.24) is 0 Å². The molecule has 0 bridgehead atoms. The van der Waals surface area contributed by atoms with E-state index in [0.717, 1.165) is 22.7 Å². The van der Waals surface area contributed by atoms with E-state index in [0.29, 0.717) is 11.3 Å². The van der Waals surface area contributed by atoms with E-state index < -0.39 is 5.97 Å². The molecule has 1 amide bonds. The Kier molecular flexibility index (Phi) is 4.12. The summed E-state index contributed by atoms with van der Waals surface area (Å²) in [6, 6.07) is 22.6. The maximum absolute atomic E-state index is 12.4. The van der Waals surface area contributed by atoms with Crippen molar-refractivity contribution in [2.45, 2.75) is 6.92 Å². The number of benzene rings is 3. The SMILES string of the molecule is COC(=O)c1ccccc1N1c2ccccc2N(C(C)=O)c2ccccc21. The fourth-order valence-corrected chi connectivity index (χ4v) is 3.49. The van der Waals surface area contributed by atoms with E-state index in [1.807, 2.05) is 65.6 Å². The van der Waals surface area contributed by atoms with Crippen molar-refractivity contribution in [3.63, 3.8) is 0 Å². The molecule has 0 unspecified atom stereocenters. The number of para-hydroxylation sites is 5. The molecule has 0 aliphatic carbocycles. The summed E-state index contributed by atoms with van der Waals surface area (Å²) in [5.74, 6) is -0.481. The van der Waals surface area contributed by atoms with Gasteiger partial charge in [0.25, 0.3) is 0 Å². The number of methoxy groups -OCH3 is 1. The van der Waals surface area contributed by atoms with Crippen LogP contribution in [0.1, 0.15) is 17.3 Å². The maximum atomic E-state index is 12.4. The highest BCUT2D eigenvalue weighted by molar-refractivity contribution is 6.12. The van der Waals surface area contributed by atoms with Crippen molar-refractivity contribution in [3.8, 4) is 0 Å². The zero-order chi connectivity index (χ0) is 19.0. The highest BCUT2D eigenvalue weighted by Crippen LogP contribution is 2.51. The number of fused-ring (bicyclic) bond motifs is 2. The van der Waals surface area contributed by atoms with Gasteiger partial charge in [0.15, 0.2) is 0 Å². The number of carbonyl (C=O) groups is 2. The smallest absolute Gasteiger partial charge is 0.339 e. The van der Waals surface area contributed by atoms with Crippen molar-refractivity contribution in [1.29, 1.82) is 0 Å². The summed E-state index contributed by atoms with van der Waals surface area (Å²) < 4.78 is 4.97. The number of amides is 1. The van der Waals surface area contributed by atoms with Crippen LogP contribution in [-0.2, 0) is 9.53 Å². The molecule has 0 radical (unpaired) electrons. The van der Waals surface area contributed by atoms with Gasteiger partial charge < -0.3 is 9.64 Å². The largest absolute Gasteiger partial charge is 0.465 e. The fraction of sp³-hybridized carbons (Fsp3) is 0.0909. The van der Waals surface area contributed by atoms with Gasteiger partial charge in [0.1, 0.15) is 0 Å². The molecule has 27 heavy (non-hydrogen) atoms. The Hall–Kier alpha value is -3.60. The summed E-state index contributed by atoms with van der Waals surface area (Å²) in [6.07, 6.45) is 0. The first kappa shape index (κ1) is 16.8. The normalized spacial score (nSPS) is 12.2. The van der Waals surface area contributed by atoms with Gasteiger partial charge in [-0.15, -0.1) is 0 Å². The average Bonchev–Trinajstić information content (AvgIpc) is 2.71. The number of nitrogens with zero attached hydrogens (tertiary/aromatic N) is 2. The zero-order valence-electron chi connectivity index (χ0n) is 15.0. The van der Waals surface area contributed by atoms with Crippen LogP contribution in [0.4, 0.5) is 28.4 Å². The maximum Gasteiger partial charge on any atom is 0.339 e. The van der Waals surface area contributed by atoms with Crippen LogP contribution >= 0.6 is 0 Å². The fourth-order valence-electron chi connectivity index (χ4n) is 3.49. The van der Waals surface area contributed by atoms with E-state index in [1.165, 1.54) is 7.11 Å². The van der Waals surface area contributed by atoms with Crippen molar-refractivity contribution in [2.75, 3.05) is 16.9 Å². The van der Waals surface area contributed by atoms with Crippen LogP contribution in [0.25, 0.3) is 0 Å². The summed E-state index contributed by atoms with van der Waals surface area (Å²) in [6.45, 7) is 1.55. The Morgan fingerprint density at radius 2 is 1.15 bits per heavy atom. The molecular weight excluding hydrogens is 340 g/mol. The number of hydrogen-bond acceptors (Lipinski definition) is 4. The molecule has 0 spiro atoms. The molecule has 134 valence electrons. The van der Waals surface area contributed by atoms with Crippen molar-refractivity contribution in [2.24, 2.45) is 0 Å². The van der Waals surface area contributed by atoms with E-state index in [2.05, 4.69) is 0 Å². The molecule has 5 nitrogen and oxygen atoms in total. The number of esters is 1. The van der Waals surface area contributed by atoms with Crippen LogP contribution in [0.3, 0.4) is 0 Å². The van der Waals surface area contributed by atoms with Crippen LogP contribution in [0, 0.1) is 0 Å². The highest BCUT2D eigenvalue weighted by Gasteiger charge is 2.32. The van der Waals surface area contributed by atoms with Crippen LogP contribution in [0.5, 0.6) is 0 Å². The van der Waals surface area contributed by atoms with Gasteiger partial charge in [0.2, 0.25) is 5.91 Å². The minimum atomic E-state index is -0.408. The quantitative estimate of drug-likeness (QED) is 0.609. The molecule has 1 aliphatic rings. The number of ether oxygens (including phenoxy) is 1. The van der Waals surface area contributed by atoms with Gasteiger partial charge >= 0.3 is 5.97 Å². The second-order valence-corrected chi connectivity index (χ2v) is 6.18. The standard InChI is InChI=1S/C22H18N2O3/c1-15(25)23-18-11-5-7-13-20(18)24(21-14-8-6-12-19(21)23)17-10-4-3-9-16(17)22(26)27-2/h3-14H,1-2H3. The van der Waals surface area contributed by atoms with Crippen molar-refractivity contribution >= 4 is 40.3 Å². The lowest BCUT2D eigenvalue weighted by molar-refractivity contribution is -0.115. The predicted octanol–water partition coefficient (Wildman–Crippen LogP) is 4.94. The molecule has 0 saturated carbocycles. The van der Waals surface area contributed by atoms with Gasteiger partial charge in [-0.1, -0.05) is 36.4 Å². The topological polar surface area (TPSA) is 49.9 Å². The summed E-state index contributed by atoms with van der Waals surface area (Å²) in [7, 11) is 1.37. The number of carbonyl (C=O) groups excluding carboxylic acids is 2. The summed E-state index contributed by atoms with van der Waals surface area (Å²) in [4.78, 5) is 28.5. The van der Waals surface area contributed by atoms with E-state index in [9.17, 15) is 9.59 Å². The zero-order valence-corrected chi connectivity index (χ0v) is 15.0. The van der Waals surface area contributed by atoms with Gasteiger partial charge in [0.05, 0.1) is 41.1 Å². The molecular formula is C22H18N2O3. The van der Waals surface area contributed by atoms with Gasteiger partial charge in [-0.3, -0.25) is 9.69 Å². The third kappa shape index (κ3) is 2.64. The molecule has 0 atom stereocenters. The number of rotatable bonds is 2. The second-order valence-electron chi connectivity index (χ2n) is 6.18. The molecule has 1 aliphatic heterocycles. The monoisotopic (exact) mass is 358 g/mol. The molecule has 5 heteroatoms. The highest BCUT2D eigenvalue weighted by atomic mass is 16.5. The average molecular weight is 358 g/mol. The Morgan fingerprint density at radius 3 is 1.63 bits per heavy atom. The minimum Gasteiger partial charge on any atom is -0.465 e.